The molecule has 0 amide bonds. The van der Waals surface area contributed by atoms with Crippen LogP contribution in [-0.2, 0) is 9.59 Å². The SMILES string of the molecule is CCCCCCC(C=O)C(C)=O. The summed E-state index contributed by atoms with van der Waals surface area (Å²) in [7, 11) is 0. The van der Waals surface area contributed by atoms with Crippen molar-refractivity contribution in [3.05, 3.63) is 0 Å². The fourth-order valence-corrected chi connectivity index (χ4v) is 1.16. The predicted molar refractivity (Wildman–Crippen MR) is 49.0 cm³/mol. The van der Waals surface area contributed by atoms with Crippen molar-refractivity contribution in [1.82, 2.24) is 0 Å². The van der Waals surface area contributed by atoms with Crippen LogP contribution in [0.1, 0.15) is 46.0 Å². The van der Waals surface area contributed by atoms with Crippen LogP contribution in [0.25, 0.3) is 0 Å². The molecule has 0 N–H and O–H groups in total. The van der Waals surface area contributed by atoms with Crippen LogP contribution < -0.4 is 0 Å². The molecule has 0 saturated carbocycles. The number of rotatable bonds is 7. The molecule has 0 aromatic carbocycles. The Morgan fingerprint density at radius 3 is 2.42 bits per heavy atom. The first-order valence-electron chi connectivity index (χ1n) is 4.68. The van der Waals surface area contributed by atoms with Gasteiger partial charge < -0.3 is 4.79 Å². The summed E-state index contributed by atoms with van der Waals surface area (Å²) in [6.07, 6.45) is 6.02. The van der Waals surface area contributed by atoms with E-state index in [2.05, 4.69) is 6.92 Å². The van der Waals surface area contributed by atoms with Crippen LogP contribution in [0.4, 0.5) is 0 Å². The third-order valence-electron chi connectivity index (χ3n) is 2.06. The molecule has 0 aromatic heterocycles. The molecule has 0 heterocycles. The molecule has 0 aromatic rings. The van der Waals surface area contributed by atoms with Crippen molar-refractivity contribution in [3.63, 3.8) is 0 Å². The number of hydrogen-bond acceptors (Lipinski definition) is 2. The molecule has 12 heavy (non-hydrogen) atoms. The second-order valence-corrected chi connectivity index (χ2v) is 3.20. The van der Waals surface area contributed by atoms with Crippen molar-refractivity contribution in [2.45, 2.75) is 46.0 Å². The minimum atomic E-state index is -0.346. The van der Waals surface area contributed by atoms with Gasteiger partial charge in [0, 0.05) is 0 Å². The molecule has 0 fully saturated rings. The topological polar surface area (TPSA) is 34.1 Å². The van der Waals surface area contributed by atoms with Gasteiger partial charge in [0.2, 0.25) is 0 Å². The Morgan fingerprint density at radius 1 is 1.33 bits per heavy atom. The van der Waals surface area contributed by atoms with E-state index < -0.39 is 0 Å². The lowest BCUT2D eigenvalue weighted by atomic mass is 9.99. The first-order chi connectivity index (χ1) is 5.72. The molecule has 0 bridgehead atoms. The van der Waals surface area contributed by atoms with Crippen molar-refractivity contribution >= 4 is 12.1 Å². The highest BCUT2D eigenvalue weighted by Gasteiger charge is 2.11. The highest BCUT2D eigenvalue weighted by atomic mass is 16.1. The average molecular weight is 170 g/mol. The van der Waals surface area contributed by atoms with Gasteiger partial charge in [0.05, 0.1) is 5.92 Å². The molecule has 2 nitrogen and oxygen atoms in total. The molecule has 0 aliphatic heterocycles. The third-order valence-corrected chi connectivity index (χ3v) is 2.06. The summed E-state index contributed by atoms with van der Waals surface area (Å²) in [6.45, 7) is 3.63. The van der Waals surface area contributed by atoms with Crippen LogP contribution in [0.15, 0.2) is 0 Å². The highest BCUT2D eigenvalue weighted by molar-refractivity contribution is 5.91. The fourth-order valence-electron chi connectivity index (χ4n) is 1.16. The molecular weight excluding hydrogens is 152 g/mol. The van der Waals surface area contributed by atoms with Crippen LogP contribution in [0, 0.1) is 5.92 Å². The largest absolute Gasteiger partial charge is 0.303 e. The van der Waals surface area contributed by atoms with Crippen LogP contribution in [0.3, 0.4) is 0 Å². The summed E-state index contributed by atoms with van der Waals surface area (Å²) in [6, 6.07) is 0. The monoisotopic (exact) mass is 170 g/mol. The van der Waals surface area contributed by atoms with Gasteiger partial charge in [0.15, 0.2) is 0 Å². The van der Waals surface area contributed by atoms with Gasteiger partial charge in [-0.1, -0.05) is 32.6 Å². The van der Waals surface area contributed by atoms with Crippen molar-refractivity contribution in [2.75, 3.05) is 0 Å². The van der Waals surface area contributed by atoms with Crippen LogP contribution >= 0.6 is 0 Å². The maximum absolute atomic E-state index is 10.8. The fraction of sp³-hybridized carbons (Fsp3) is 0.800. The minimum absolute atomic E-state index is 0.00139. The molecular formula is C10H18O2. The van der Waals surface area contributed by atoms with Gasteiger partial charge in [-0.3, -0.25) is 4.79 Å². The van der Waals surface area contributed by atoms with E-state index in [1.807, 2.05) is 0 Å². The Morgan fingerprint density at radius 2 is 2.00 bits per heavy atom. The zero-order valence-corrected chi connectivity index (χ0v) is 8.01. The van der Waals surface area contributed by atoms with Gasteiger partial charge in [-0.15, -0.1) is 0 Å². The molecule has 70 valence electrons. The van der Waals surface area contributed by atoms with Gasteiger partial charge in [0.1, 0.15) is 12.1 Å². The smallest absolute Gasteiger partial charge is 0.139 e. The summed E-state index contributed by atoms with van der Waals surface area (Å²) in [5, 5.41) is 0. The van der Waals surface area contributed by atoms with E-state index in [-0.39, 0.29) is 11.7 Å². The van der Waals surface area contributed by atoms with Crippen LogP contribution in [-0.4, -0.2) is 12.1 Å². The maximum atomic E-state index is 10.8. The van der Waals surface area contributed by atoms with E-state index in [0.717, 1.165) is 25.5 Å². The molecule has 0 aliphatic carbocycles. The lowest BCUT2D eigenvalue weighted by molar-refractivity contribution is -0.125. The Kier molecular flexibility index (Phi) is 6.63. The van der Waals surface area contributed by atoms with Crippen LogP contribution in [0.2, 0.25) is 0 Å². The number of Topliss-reactive ketones (excluding diaryl/α,β-unsaturated/α-hetero) is 1. The lowest BCUT2D eigenvalue weighted by Crippen LogP contribution is -2.11. The number of hydrogen-bond donors (Lipinski definition) is 0. The molecule has 0 rings (SSSR count). The van der Waals surface area contributed by atoms with Gasteiger partial charge >= 0.3 is 0 Å². The minimum Gasteiger partial charge on any atom is -0.303 e. The first-order valence-corrected chi connectivity index (χ1v) is 4.68. The van der Waals surface area contributed by atoms with E-state index in [4.69, 9.17) is 0 Å². The molecule has 0 spiro atoms. The number of ketones is 1. The summed E-state index contributed by atoms with van der Waals surface area (Å²) < 4.78 is 0. The van der Waals surface area contributed by atoms with E-state index in [1.165, 1.54) is 19.8 Å². The normalized spacial score (nSPS) is 12.5. The second kappa shape index (κ2) is 7.01. The van der Waals surface area contributed by atoms with E-state index in [0.29, 0.717) is 0 Å². The zero-order chi connectivity index (χ0) is 9.40. The average Bonchev–Trinajstić information content (AvgIpc) is 2.04. The van der Waals surface area contributed by atoms with Crippen molar-refractivity contribution in [2.24, 2.45) is 5.92 Å². The van der Waals surface area contributed by atoms with Crippen molar-refractivity contribution in [3.8, 4) is 0 Å². The lowest BCUT2D eigenvalue weighted by Gasteiger charge is -2.04. The Labute approximate surface area is 74.3 Å². The quantitative estimate of drug-likeness (QED) is 0.334. The second-order valence-electron chi connectivity index (χ2n) is 3.20. The number of unbranched alkanes of at least 4 members (excludes halogenated alkanes) is 3. The molecule has 1 atom stereocenters. The molecule has 2 heteroatoms. The number of carbonyl (C=O) groups is 2. The Balaban J connectivity index is 3.45. The van der Waals surface area contributed by atoms with E-state index in [1.54, 1.807) is 0 Å². The standard InChI is InChI=1S/C10H18O2/c1-3-4-5-6-7-10(8-11)9(2)12/h8,10H,3-7H2,1-2H3. The Bertz CT molecular complexity index is 141. The van der Waals surface area contributed by atoms with Gasteiger partial charge in [-0.25, -0.2) is 0 Å². The zero-order valence-electron chi connectivity index (χ0n) is 8.01. The van der Waals surface area contributed by atoms with Gasteiger partial charge in [-0.05, 0) is 13.3 Å². The molecule has 1 unspecified atom stereocenters. The third kappa shape index (κ3) is 5.05. The molecule has 0 radical (unpaired) electrons. The summed E-state index contributed by atoms with van der Waals surface area (Å²) in [5.74, 6) is -0.344. The van der Waals surface area contributed by atoms with E-state index >= 15 is 0 Å². The highest BCUT2D eigenvalue weighted by Crippen LogP contribution is 2.09. The van der Waals surface area contributed by atoms with Gasteiger partial charge in [0.25, 0.3) is 0 Å². The number of aldehydes is 1. The van der Waals surface area contributed by atoms with Crippen molar-refractivity contribution in [1.29, 1.82) is 0 Å². The van der Waals surface area contributed by atoms with E-state index in [9.17, 15) is 9.59 Å². The van der Waals surface area contributed by atoms with Crippen LogP contribution in [0.5, 0.6) is 0 Å². The van der Waals surface area contributed by atoms with Crippen molar-refractivity contribution < 1.29 is 9.59 Å². The Hall–Kier alpha value is -0.660. The molecule has 0 aliphatic rings. The first kappa shape index (κ1) is 11.3. The predicted octanol–water partition coefficient (Wildman–Crippen LogP) is 2.36. The van der Waals surface area contributed by atoms with Gasteiger partial charge in [-0.2, -0.15) is 0 Å². The summed E-state index contributed by atoms with van der Waals surface area (Å²) >= 11 is 0. The molecule has 0 saturated heterocycles. The number of carbonyl (C=O) groups excluding carboxylic acids is 2. The summed E-state index contributed by atoms with van der Waals surface area (Å²) in [5.41, 5.74) is 0. The summed E-state index contributed by atoms with van der Waals surface area (Å²) in [4.78, 5) is 21.2. The maximum Gasteiger partial charge on any atom is 0.139 e.